The van der Waals surface area contributed by atoms with E-state index in [1.54, 1.807) is 0 Å². The van der Waals surface area contributed by atoms with Crippen LogP contribution in [0.2, 0.25) is 0 Å². The zero-order valence-electron chi connectivity index (χ0n) is 13.0. The van der Waals surface area contributed by atoms with Gasteiger partial charge in [-0.05, 0) is 71.5 Å². The van der Waals surface area contributed by atoms with Crippen LogP contribution in [-0.4, -0.2) is 37.1 Å². The summed E-state index contributed by atoms with van der Waals surface area (Å²) in [4.78, 5) is 2.61. The molecule has 1 fully saturated rings. The van der Waals surface area contributed by atoms with E-state index in [0.717, 1.165) is 18.5 Å². The van der Waals surface area contributed by atoms with E-state index < -0.39 is 0 Å². The number of nitrogens with one attached hydrogen (secondary N) is 1. The summed E-state index contributed by atoms with van der Waals surface area (Å²) >= 11 is 0. The Hall–Kier alpha value is -0.0800. The van der Waals surface area contributed by atoms with Crippen molar-refractivity contribution in [1.29, 1.82) is 0 Å². The Morgan fingerprint density at radius 2 is 1.83 bits per heavy atom. The molecule has 1 N–H and O–H groups in total. The topological polar surface area (TPSA) is 15.3 Å². The third kappa shape index (κ3) is 5.71. The van der Waals surface area contributed by atoms with Crippen LogP contribution in [0.25, 0.3) is 0 Å². The SMILES string of the molecule is CCCNC(C)CCN(C)C1CCC(CC)CC1. The summed E-state index contributed by atoms with van der Waals surface area (Å²) in [5.74, 6) is 1.01. The Morgan fingerprint density at radius 3 is 2.39 bits per heavy atom. The normalized spacial score (nSPS) is 26.5. The standard InChI is InChI=1S/C16H34N2/c1-5-12-17-14(3)11-13-18(4)16-9-7-15(6-2)8-10-16/h14-17H,5-13H2,1-4H3. The molecule has 0 saturated heterocycles. The molecule has 0 spiro atoms. The smallest absolute Gasteiger partial charge is 0.00924 e. The van der Waals surface area contributed by atoms with E-state index in [1.807, 2.05) is 0 Å². The van der Waals surface area contributed by atoms with E-state index in [4.69, 9.17) is 0 Å². The van der Waals surface area contributed by atoms with Gasteiger partial charge in [0.1, 0.15) is 0 Å². The van der Waals surface area contributed by atoms with Crippen molar-refractivity contribution in [3.05, 3.63) is 0 Å². The minimum atomic E-state index is 0.666. The number of nitrogens with zero attached hydrogens (tertiary/aromatic N) is 1. The van der Waals surface area contributed by atoms with Crippen LogP contribution in [0.1, 0.15) is 65.7 Å². The average Bonchev–Trinajstić information content (AvgIpc) is 2.42. The molecule has 0 amide bonds. The largest absolute Gasteiger partial charge is 0.314 e. The van der Waals surface area contributed by atoms with Gasteiger partial charge in [0.05, 0.1) is 0 Å². The molecular weight excluding hydrogens is 220 g/mol. The van der Waals surface area contributed by atoms with Crippen molar-refractivity contribution in [1.82, 2.24) is 10.2 Å². The average molecular weight is 254 g/mol. The lowest BCUT2D eigenvalue weighted by Crippen LogP contribution is -2.38. The first-order valence-corrected chi connectivity index (χ1v) is 8.10. The minimum Gasteiger partial charge on any atom is -0.314 e. The second-order valence-electron chi connectivity index (χ2n) is 6.21. The molecule has 0 aliphatic heterocycles. The van der Waals surface area contributed by atoms with Crippen molar-refractivity contribution in [2.75, 3.05) is 20.1 Å². The quantitative estimate of drug-likeness (QED) is 0.711. The molecular formula is C16H34N2. The van der Waals surface area contributed by atoms with Crippen LogP contribution in [-0.2, 0) is 0 Å². The summed E-state index contributed by atoms with van der Waals surface area (Å²) in [6.07, 6.45) is 9.65. The van der Waals surface area contributed by atoms with Crippen LogP contribution in [0.3, 0.4) is 0 Å². The van der Waals surface area contributed by atoms with Crippen molar-refractivity contribution in [2.45, 2.75) is 77.8 Å². The molecule has 1 unspecified atom stereocenters. The first-order valence-electron chi connectivity index (χ1n) is 8.10. The lowest BCUT2D eigenvalue weighted by atomic mass is 9.84. The molecule has 2 nitrogen and oxygen atoms in total. The second-order valence-corrected chi connectivity index (χ2v) is 6.21. The Bertz CT molecular complexity index is 197. The van der Waals surface area contributed by atoms with Gasteiger partial charge in [0.15, 0.2) is 0 Å². The third-order valence-electron chi connectivity index (χ3n) is 4.67. The van der Waals surface area contributed by atoms with Gasteiger partial charge < -0.3 is 10.2 Å². The Balaban J connectivity index is 2.15. The Labute approximate surface area is 115 Å². The van der Waals surface area contributed by atoms with Crippen molar-refractivity contribution < 1.29 is 0 Å². The first kappa shape index (κ1) is 16.0. The lowest BCUT2D eigenvalue weighted by molar-refractivity contribution is 0.158. The summed E-state index contributed by atoms with van der Waals surface area (Å²) in [7, 11) is 2.32. The molecule has 1 aliphatic rings. The third-order valence-corrected chi connectivity index (χ3v) is 4.67. The maximum absolute atomic E-state index is 3.58. The van der Waals surface area contributed by atoms with E-state index in [0.29, 0.717) is 6.04 Å². The predicted molar refractivity (Wildman–Crippen MR) is 81.0 cm³/mol. The maximum atomic E-state index is 3.58. The van der Waals surface area contributed by atoms with Crippen LogP contribution in [0.5, 0.6) is 0 Å². The fourth-order valence-electron chi connectivity index (χ4n) is 3.07. The summed E-state index contributed by atoms with van der Waals surface area (Å²) < 4.78 is 0. The molecule has 1 atom stereocenters. The summed E-state index contributed by atoms with van der Waals surface area (Å²) in [5, 5.41) is 3.58. The van der Waals surface area contributed by atoms with Gasteiger partial charge in [0, 0.05) is 12.1 Å². The fraction of sp³-hybridized carbons (Fsp3) is 1.00. The van der Waals surface area contributed by atoms with E-state index in [9.17, 15) is 0 Å². The van der Waals surface area contributed by atoms with Crippen molar-refractivity contribution in [2.24, 2.45) is 5.92 Å². The van der Waals surface area contributed by atoms with Crippen molar-refractivity contribution in [3.8, 4) is 0 Å². The molecule has 0 radical (unpaired) electrons. The second kappa shape index (κ2) is 8.92. The van der Waals surface area contributed by atoms with E-state index in [-0.39, 0.29) is 0 Å². The van der Waals surface area contributed by atoms with E-state index in [1.165, 1.54) is 51.5 Å². The summed E-state index contributed by atoms with van der Waals surface area (Å²) in [5.41, 5.74) is 0. The highest BCUT2D eigenvalue weighted by molar-refractivity contribution is 4.78. The van der Waals surface area contributed by atoms with Crippen molar-refractivity contribution in [3.63, 3.8) is 0 Å². The zero-order valence-corrected chi connectivity index (χ0v) is 13.0. The van der Waals surface area contributed by atoms with Gasteiger partial charge in [-0.3, -0.25) is 0 Å². The predicted octanol–water partition coefficient (Wildman–Crippen LogP) is 3.67. The highest BCUT2D eigenvalue weighted by atomic mass is 15.1. The molecule has 18 heavy (non-hydrogen) atoms. The molecule has 1 aliphatic carbocycles. The molecule has 1 saturated carbocycles. The highest BCUT2D eigenvalue weighted by Gasteiger charge is 2.22. The van der Waals surface area contributed by atoms with Crippen LogP contribution in [0.4, 0.5) is 0 Å². The van der Waals surface area contributed by atoms with Gasteiger partial charge in [-0.25, -0.2) is 0 Å². The molecule has 0 aromatic rings. The van der Waals surface area contributed by atoms with Gasteiger partial charge in [-0.2, -0.15) is 0 Å². The van der Waals surface area contributed by atoms with Gasteiger partial charge in [-0.15, -0.1) is 0 Å². The Morgan fingerprint density at radius 1 is 1.17 bits per heavy atom. The zero-order chi connectivity index (χ0) is 13.4. The molecule has 0 heterocycles. The van der Waals surface area contributed by atoms with Gasteiger partial charge in [0.2, 0.25) is 0 Å². The van der Waals surface area contributed by atoms with Gasteiger partial charge in [-0.1, -0.05) is 20.3 Å². The molecule has 2 heteroatoms. The van der Waals surface area contributed by atoms with Gasteiger partial charge >= 0.3 is 0 Å². The minimum absolute atomic E-state index is 0.666. The maximum Gasteiger partial charge on any atom is 0.00924 e. The number of rotatable bonds is 8. The molecule has 0 bridgehead atoms. The summed E-state index contributed by atoms with van der Waals surface area (Å²) in [6.45, 7) is 9.30. The fourth-order valence-corrected chi connectivity index (χ4v) is 3.07. The number of hydrogen-bond acceptors (Lipinski definition) is 2. The molecule has 108 valence electrons. The molecule has 0 aromatic heterocycles. The van der Waals surface area contributed by atoms with Crippen molar-refractivity contribution >= 4 is 0 Å². The molecule has 0 aromatic carbocycles. The summed E-state index contributed by atoms with van der Waals surface area (Å²) in [6, 6.07) is 1.52. The number of hydrogen-bond donors (Lipinski definition) is 1. The monoisotopic (exact) mass is 254 g/mol. The van der Waals surface area contributed by atoms with Crippen LogP contribution >= 0.6 is 0 Å². The molecule has 1 rings (SSSR count). The Kier molecular flexibility index (Phi) is 7.92. The van der Waals surface area contributed by atoms with E-state index in [2.05, 4.69) is 38.0 Å². The highest BCUT2D eigenvalue weighted by Crippen LogP contribution is 2.28. The first-order chi connectivity index (χ1) is 8.67. The van der Waals surface area contributed by atoms with Crippen LogP contribution in [0, 0.1) is 5.92 Å². The van der Waals surface area contributed by atoms with Crippen LogP contribution in [0.15, 0.2) is 0 Å². The van der Waals surface area contributed by atoms with Gasteiger partial charge in [0.25, 0.3) is 0 Å². The lowest BCUT2D eigenvalue weighted by Gasteiger charge is -2.35. The van der Waals surface area contributed by atoms with E-state index >= 15 is 0 Å². The van der Waals surface area contributed by atoms with Crippen LogP contribution < -0.4 is 5.32 Å².